The Morgan fingerprint density at radius 3 is 2.56 bits per heavy atom. The first kappa shape index (κ1) is 17.1. The zero-order valence-electron chi connectivity index (χ0n) is 13.1. The number of imidazole rings is 1. The van der Waals surface area contributed by atoms with Crippen molar-refractivity contribution in [2.24, 2.45) is 5.73 Å². The summed E-state index contributed by atoms with van der Waals surface area (Å²) in [6.45, 7) is -0.461. The number of ether oxygens (including phenoxy) is 1. The van der Waals surface area contributed by atoms with Crippen molar-refractivity contribution in [3.8, 4) is 11.8 Å². The van der Waals surface area contributed by atoms with Gasteiger partial charge in [-0.2, -0.15) is 0 Å². The van der Waals surface area contributed by atoms with Crippen LogP contribution in [0.5, 0.6) is 0 Å². The molecule has 3 rings (SSSR count). The minimum atomic E-state index is -1.32. The van der Waals surface area contributed by atoms with Gasteiger partial charge < -0.3 is 25.8 Å². The number of nitrogens with two attached hydrogens (primary N) is 1. The number of aliphatic hydroxyl groups excluding tert-OH is 3. The van der Waals surface area contributed by atoms with Crippen LogP contribution in [0.2, 0.25) is 0 Å². The summed E-state index contributed by atoms with van der Waals surface area (Å²) < 4.78 is 6.79. The average molecular weight is 343 g/mol. The molecule has 0 unspecified atom stereocenters. The largest absolute Gasteiger partial charge is 0.394 e. The van der Waals surface area contributed by atoms with E-state index in [4.69, 9.17) is 10.5 Å². The molecule has 0 bridgehead atoms. The van der Waals surface area contributed by atoms with Crippen LogP contribution in [-0.2, 0) is 4.74 Å². The molecule has 1 aromatic heterocycles. The van der Waals surface area contributed by atoms with Crippen LogP contribution in [0.3, 0.4) is 0 Å². The number of carbonyl (C=O) groups is 1. The third kappa shape index (κ3) is 3.40. The molecule has 1 aliphatic heterocycles. The molecule has 4 atom stereocenters. The lowest BCUT2D eigenvalue weighted by atomic mass is 10.1. The minimum absolute atomic E-state index is 0.0462. The Bertz CT molecular complexity index is 824. The highest BCUT2D eigenvalue weighted by Crippen LogP contribution is 2.30. The molecule has 2 heterocycles. The third-order valence-corrected chi connectivity index (χ3v) is 3.87. The number of primary amides is 1. The summed E-state index contributed by atoms with van der Waals surface area (Å²) in [6, 6.07) is 9.13. The minimum Gasteiger partial charge on any atom is -0.394 e. The lowest BCUT2D eigenvalue weighted by Crippen LogP contribution is -2.33. The summed E-state index contributed by atoms with van der Waals surface area (Å²) in [5, 5.41) is 29.3. The van der Waals surface area contributed by atoms with E-state index < -0.39 is 37.1 Å². The van der Waals surface area contributed by atoms with E-state index in [0.717, 1.165) is 5.56 Å². The van der Waals surface area contributed by atoms with Crippen molar-refractivity contribution >= 4 is 5.91 Å². The second-order valence-corrected chi connectivity index (χ2v) is 5.57. The van der Waals surface area contributed by atoms with Crippen molar-refractivity contribution in [1.82, 2.24) is 9.55 Å². The molecule has 1 amide bonds. The summed E-state index contributed by atoms with van der Waals surface area (Å²) >= 11 is 0. The molecular formula is C17H17N3O5. The number of amides is 1. The van der Waals surface area contributed by atoms with Crippen molar-refractivity contribution in [1.29, 1.82) is 0 Å². The van der Waals surface area contributed by atoms with Crippen LogP contribution in [0, 0.1) is 11.8 Å². The molecule has 25 heavy (non-hydrogen) atoms. The number of nitrogens with zero attached hydrogens (tertiary/aromatic N) is 2. The molecule has 8 nitrogen and oxygen atoms in total. The van der Waals surface area contributed by atoms with Crippen LogP contribution in [-0.4, -0.2) is 55.7 Å². The van der Waals surface area contributed by atoms with E-state index in [0.29, 0.717) is 0 Å². The van der Waals surface area contributed by atoms with Gasteiger partial charge in [-0.3, -0.25) is 9.36 Å². The van der Waals surface area contributed by atoms with Gasteiger partial charge in [0, 0.05) is 11.8 Å². The first-order valence-corrected chi connectivity index (χ1v) is 7.59. The molecule has 130 valence electrons. The van der Waals surface area contributed by atoms with Gasteiger partial charge in [0.05, 0.1) is 6.61 Å². The van der Waals surface area contributed by atoms with E-state index in [2.05, 4.69) is 16.8 Å². The number of aromatic nitrogens is 2. The van der Waals surface area contributed by atoms with Gasteiger partial charge in [0.15, 0.2) is 12.1 Å². The van der Waals surface area contributed by atoms with E-state index >= 15 is 0 Å². The highest BCUT2D eigenvalue weighted by molar-refractivity contribution is 5.90. The molecule has 0 saturated carbocycles. The summed E-state index contributed by atoms with van der Waals surface area (Å²) in [5.74, 6) is 5.09. The van der Waals surface area contributed by atoms with Gasteiger partial charge in [-0.1, -0.05) is 24.1 Å². The molecule has 1 saturated heterocycles. The fraction of sp³-hybridized carbons (Fsp3) is 0.294. The van der Waals surface area contributed by atoms with E-state index in [1.165, 1.54) is 10.8 Å². The quantitative estimate of drug-likeness (QED) is 0.529. The molecule has 0 aliphatic carbocycles. The number of hydrogen-bond donors (Lipinski definition) is 4. The van der Waals surface area contributed by atoms with Crippen molar-refractivity contribution in [2.45, 2.75) is 24.5 Å². The Hall–Kier alpha value is -2.70. The molecule has 1 aromatic carbocycles. The van der Waals surface area contributed by atoms with Crippen LogP contribution >= 0.6 is 0 Å². The second-order valence-electron chi connectivity index (χ2n) is 5.57. The fourth-order valence-corrected chi connectivity index (χ4v) is 2.56. The van der Waals surface area contributed by atoms with Crippen molar-refractivity contribution < 1.29 is 24.9 Å². The Labute approximate surface area is 143 Å². The monoisotopic (exact) mass is 343 g/mol. The van der Waals surface area contributed by atoms with Crippen LogP contribution in [0.1, 0.15) is 28.1 Å². The van der Waals surface area contributed by atoms with Gasteiger partial charge in [-0.15, -0.1) is 0 Å². The highest BCUT2D eigenvalue weighted by atomic mass is 16.6. The fourth-order valence-electron chi connectivity index (χ4n) is 2.56. The molecule has 0 spiro atoms. The van der Waals surface area contributed by atoms with Gasteiger partial charge in [0.1, 0.15) is 24.0 Å². The first-order chi connectivity index (χ1) is 12.0. The van der Waals surface area contributed by atoms with Crippen LogP contribution in [0.15, 0.2) is 36.5 Å². The second kappa shape index (κ2) is 7.04. The number of aliphatic hydroxyl groups is 3. The maximum absolute atomic E-state index is 11.4. The molecule has 0 radical (unpaired) electrons. The lowest BCUT2D eigenvalue weighted by Gasteiger charge is -2.16. The first-order valence-electron chi connectivity index (χ1n) is 7.59. The van der Waals surface area contributed by atoms with E-state index in [1.54, 1.807) is 0 Å². The smallest absolute Gasteiger partial charge is 0.268 e. The number of carbonyl (C=O) groups excluding carboxylic acids is 1. The standard InChI is InChI=1S/C17H17N3O5/c18-16(24)11-8-20(17-15(23)14(22)12(9-21)25-17)13(19-11)7-6-10-4-2-1-3-5-10/h1-5,8,12,14-15,17,21-23H,9H2,(H2,18,24)/t12-,14-,15-,17-/m1/s1. The zero-order valence-corrected chi connectivity index (χ0v) is 13.1. The molecule has 2 aromatic rings. The topological polar surface area (TPSA) is 131 Å². The maximum Gasteiger partial charge on any atom is 0.268 e. The number of rotatable bonds is 3. The number of hydrogen-bond acceptors (Lipinski definition) is 6. The van der Waals surface area contributed by atoms with Crippen molar-refractivity contribution in [3.63, 3.8) is 0 Å². The summed E-state index contributed by atoms with van der Waals surface area (Å²) in [6.07, 6.45) is -3.28. The Morgan fingerprint density at radius 1 is 1.24 bits per heavy atom. The van der Waals surface area contributed by atoms with Crippen molar-refractivity contribution in [2.75, 3.05) is 6.61 Å². The maximum atomic E-state index is 11.4. The lowest BCUT2D eigenvalue weighted by molar-refractivity contribution is -0.0531. The summed E-state index contributed by atoms with van der Waals surface area (Å²) in [5.41, 5.74) is 5.95. The summed E-state index contributed by atoms with van der Waals surface area (Å²) in [4.78, 5) is 15.5. The van der Waals surface area contributed by atoms with Gasteiger partial charge in [-0.25, -0.2) is 4.98 Å². The molecule has 5 N–H and O–H groups in total. The Morgan fingerprint density at radius 2 is 1.96 bits per heavy atom. The molecular weight excluding hydrogens is 326 g/mol. The van der Waals surface area contributed by atoms with Crippen LogP contribution in [0.25, 0.3) is 0 Å². The Kier molecular flexibility index (Phi) is 4.83. The molecule has 1 aliphatic rings. The van der Waals surface area contributed by atoms with Crippen LogP contribution in [0.4, 0.5) is 0 Å². The van der Waals surface area contributed by atoms with Crippen LogP contribution < -0.4 is 5.73 Å². The zero-order chi connectivity index (χ0) is 18.0. The predicted octanol–water partition coefficient (Wildman–Crippen LogP) is -1.01. The van der Waals surface area contributed by atoms with Gasteiger partial charge in [-0.05, 0) is 18.1 Å². The van der Waals surface area contributed by atoms with Gasteiger partial charge in [0.25, 0.3) is 5.91 Å². The molecule has 1 fully saturated rings. The normalized spacial score (nSPS) is 25.4. The van der Waals surface area contributed by atoms with Gasteiger partial charge in [0.2, 0.25) is 0 Å². The predicted molar refractivity (Wildman–Crippen MR) is 86.2 cm³/mol. The van der Waals surface area contributed by atoms with E-state index in [1.807, 2.05) is 30.3 Å². The van der Waals surface area contributed by atoms with Gasteiger partial charge >= 0.3 is 0 Å². The van der Waals surface area contributed by atoms with E-state index in [9.17, 15) is 20.1 Å². The van der Waals surface area contributed by atoms with E-state index in [-0.39, 0.29) is 11.5 Å². The third-order valence-electron chi connectivity index (χ3n) is 3.87. The number of benzene rings is 1. The summed E-state index contributed by atoms with van der Waals surface area (Å²) in [7, 11) is 0. The SMILES string of the molecule is NC(=O)c1cn([C@@H]2O[C@H](CO)[C@@H](O)[C@H]2O)c(C#Cc2ccccc2)n1. The highest BCUT2D eigenvalue weighted by Gasteiger charge is 2.44. The Balaban J connectivity index is 1.99. The van der Waals surface area contributed by atoms with Crippen molar-refractivity contribution in [3.05, 3.63) is 53.6 Å². The molecule has 8 heteroatoms. The average Bonchev–Trinajstić information content (AvgIpc) is 3.16.